The summed E-state index contributed by atoms with van der Waals surface area (Å²) >= 11 is 0. The maximum Gasteiger partial charge on any atom is 0.227 e. The van der Waals surface area contributed by atoms with Gasteiger partial charge in [-0.25, -0.2) is 4.98 Å². The van der Waals surface area contributed by atoms with Gasteiger partial charge < -0.3 is 4.42 Å². The number of nitrogens with zero attached hydrogens (tertiary/aromatic N) is 4. The Bertz CT molecular complexity index is 3010. The van der Waals surface area contributed by atoms with Crippen molar-refractivity contribution >= 4 is 22.1 Å². The van der Waals surface area contributed by atoms with E-state index >= 15 is 0 Å². The van der Waals surface area contributed by atoms with E-state index in [2.05, 4.69) is 19.9 Å². The van der Waals surface area contributed by atoms with E-state index in [1.165, 1.54) is 12.3 Å². The van der Waals surface area contributed by atoms with Crippen molar-refractivity contribution in [3.63, 3.8) is 0 Å². The van der Waals surface area contributed by atoms with Gasteiger partial charge in [-0.2, -0.15) is 0 Å². The minimum atomic E-state index is -2.60. The highest BCUT2D eigenvalue weighted by Gasteiger charge is 2.14. The highest BCUT2D eigenvalue weighted by Crippen LogP contribution is 2.34. The minimum absolute atomic E-state index is 0.0161. The molecule has 0 aliphatic heterocycles. The standard InChI is InChI=1S/C51H42N4O/c1-35-15-25-45-44-13-8-14-46(50(44)56-51(45)55-35)49-28-24-38(34-54-49)18-21-41-30-39(19-16-36-22-26-47(52-32-36)42-9-4-2-5-10-42)29-40(31-41)20-17-37-23-27-48(53-33-37)43-11-6-3-7-12-43/h2-15,22-34H,16-21H2,1H3/i18D2,19D2,21D2. The molecule has 5 heteroatoms. The highest BCUT2D eigenvalue weighted by atomic mass is 16.3. The topological polar surface area (TPSA) is 64.7 Å². The molecular formula is C51H42N4O. The first-order valence-electron chi connectivity index (χ1n) is 21.8. The van der Waals surface area contributed by atoms with Crippen LogP contribution in [0.15, 0.2) is 169 Å². The summed E-state index contributed by atoms with van der Waals surface area (Å²) in [7, 11) is 0. The maximum absolute atomic E-state index is 9.44. The van der Waals surface area contributed by atoms with Crippen molar-refractivity contribution in [1.29, 1.82) is 0 Å². The average molecular weight is 733 g/mol. The molecule has 5 aromatic heterocycles. The van der Waals surface area contributed by atoms with Crippen molar-refractivity contribution in [3.8, 4) is 33.8 Å². The molecule has 0 aliphatic carbocycles. The Balaban J connectivity index is 1.03. The zero-order valence-corrected chi connectivity index (χ0v) is 30.9. The Kier molecular flexibility index (Phi) is 8.17. The van der Waals surface area contributed by atoms with Gasteiger partial charge in [-0.05, 0) is 115 Å². The smallest absolute Gasteiger partial charge is 0.227 e. The number of fused-ring (bicyclic) bond motifs is 3. The fourth-order valence-corrected chi connectivity index (χ4v) is 6.91. The first-order valence-corrected chi connectivity index (χ1v) is 18.8. The number of para-hydroxylation sites is 1. The molecule has 0 unspecified atom stereocenters. The Labute approximate surface area is 336 Å². The molecule has 0 amide bonds. The molecule has 0 aliphatic rings. The van der Waals surface area contributed by atoms with Gasteiger partial charge in [-0.15, -0.1) is 0 Å². The minimum Gasteiger partial charge on any atom is -0.437 e. The average Bonchev–Trinajstić information content (AvgIpc) is 3.67. The van der Waals surface area contributed by atoms with E-state index in [1.807, 2.05) is 128 Å². The predicted molar refractivity (Wildman–Crippen MR) is 227 cm³/mol. The number of aromatic nitrogens is 4. The molecule has 9 rings (SSSR count). The van der Waals surface area contributed by atoms with E-state index in [1.54, 1.807) is 30.5 Å². The summed E-state index contributed by atoms with van der Waals surface area (Å²) in [5, 5.41) is 1.77. The third kappa shape index (κ3) is 7.89. The van der Waals surface area contributed by atoms with Crippen LogP contribution in [0.3, 0.4) is 0 Å². The van der Waals surface area contributed by atoms with Crippen molar-refractivity contribution < 1.29 is 12.6 Å². The second-order valence-corrected chi connectivity index (χ2v) is 13.9. The van der Waals surface area contributed by atoms with Crippen LogP contribution in [0.5, 0.6) is 0 Å². The molecule has 5 heterocycles. The van der Waals surface area contributed by atoms with Gasteiger partial charge in [-0.3, -0.25) is 15.0 Å². The van der Waals surface area contributed by atoms with Crippen LogP contribution in [0.1, 0.15) is 47.3 Å². The lowest BCUT2D eigenvalue weighted by molar-refractivity contribution is 0.653. The summed E-state index contributed by atoms with van der Waals surface area (Å²) in [6, 6.07) is 45.3. The maximum atomic E-state index is 9.44. The molecule has 0 saturated heterocycles. The zero-order chi connectivity index (χ0) is 43.1. The van der Waals surface area contributed by atoms with Crippen molar-refractivity contribution in [1.82, 2.24) is 19.9 Å². The van der Waals surface area contributed by atoms with Crippen LogP contribution in [-0.4, -0.2) is 19.9 Å². The lowest BCUT2D eigenvalue weighted by atomic mass is 9.94. The van der Waals surface area contributed by atoms with Gasteiger partial charge >= 0.3 is 0 Å². The van der Waals surface area contributed by atoms with Crippen LogP contribution in [0.2, 0.25) is 0 Å². The Morgan fingerprint density at radius 1 is 0.464 bits per heavy atom. The van der Waals surface area contributed by atoms with Gasteiger partial charge in [0.1, 0.15) is 5.58 Å². The van der Waals surface area contributed by atoms with Gasteiger partial charge in [0.05, 0.1) is 17.1 Å². The summed E-state index contributed by atoms with van der Waals surface area (Å²) in [5.41, 5.74) is 9.51. The largest absolute Gasteiger partial charge is 0.437 e. The lowest BCUT2D eigenvalue weighted by Gasteiger charge is -2.12. The molecule has 0 N–H and O–H groups in total. The summed E-state index contributed by atoms with van der Waals surface area (Å²) in [6.07, 6.45) is -1.23. The van der Waals surface area contributed by atoms with E-state index in [4.69, 9.17) is 4.42 Å². The fraction of sp³-hybridized carbons (Fsp3) is 0.137. The Morgan fingerprint density at radius 3 is 1.70 bits per heavy atom. The highest BCUT2D eigenvalue weighted by molar-refractivity contribution is 6.08. The van der Waals surface area contributed by atoms with Gasteiger partial charge in [0.25, 0.3) is 0 Å². The third-order valence-electron chi connectivity index (χ3n) is 9.87. The van der Waals surface area contributed by atoms with E-state index in [0.29, 0.717) is 46.5 Å². The van der Waals surface area contributed by atoms with Gasteiger partial charge in [0, 0.05) is 60.0 Å². The van der Waals surface area contributed by atoms with Crippen LogP contribution in [0.4, 0.5) is 0 Å². The predicted octanol–water partition coefficient (Wildman–Crippen LogP) is 11.8. The molecule has 4 aromatic carbocycles. The molecule has 0 atom stereocenters. The van der Waals surface area contributed by atoms with Crippen LogP contribution < -0.4 is 0 Å². The quantitative estimate of drug-likeness (QED) is 0.125. The van der Waals surface area contributed by atoms with E-state index in [9.17, 15) is 8.22 Å². The van der Waals surface area contributed by atoms with Gasteiger partial charge in [0.2, 0.25) is 5.71 Å². The van der Waals surface area contributed by atoms with Crippen LogP contribution in [-0.2, 0) is 38.4 Å². The summed E-state index contributed by atoms with van der Waals surface area (Å²) in [5.74, 6) is 0. The molecule has 0 bridgehead atoms. The normalized spacial score (nSPS) is 13.7. The first kappa shape index (κ1) is 28.7. The van der Waals surface area contributed by atoms with Crippen molar-refractivity contribution in [2.24, 2.45) is 0 Å². The Morgan fingerprint density at radius 2 is 1.04 bits per heavy atom. The summed E-state index contributed by atoms with van der Waals surface area (Å²) in [4.78, 5) is 18.5. The SMILES string of the molecule is [2H]C([2H])(Cc1ccc(-c2ccccc2)nc1)c1cc(CCc2ccc(-c3ccccc3)nc2)cc(C([2H])([2H])C([2H])([2H])c2ccc(-c3cccc4c3oc3nc(C)ccc34)nc2)c1. The molecule has 0 spiro atoms. The number of aryl methyl sites for hydroxylation is 7. The third-order valence-corrected chi connectivity index (χ3v) is 9.87. The van der Waals surface area contributed by atoms with Gasteiger partial charge in [0.15, 0.2) is 0 Å². The Hall–Kier alpha value is -6.72. The molecule has 9 aromatic rings. The molecule has 272 valence electrons. The molecule has 0 radical (unpaired) electrons. The number of benzene rings is 4. The summed E-state index contributed by atoms with van der Waals surface area (Å²) < 4.78 is 62.4. The second kappa shape index (κ2) is 15.9. The number of furan rings is 1. The monoisotopic (exact) mass is 732 g/mol. The van der Waals surface area contributed by atoms with E-state index < -0.39 is 19.1 Å². The fourth-order valence-electron chi connectivity index (χ4n) is 6.91. The number of hydrogen-bond donors (Lipinski definition) is 0. The summed E-state index contributed by atoms with van der Waals surface area (Å²) in [6.45, 7) is 1.90. The van der Waals surface area contributed by atoms with E-state index in [-0.39, 0.29) is 23.1 Å². The van der Waals surface area contributed by atoms with Crippen molar-refractivity contribution in [2.45, 2.75) is 45.3 Å². The lowest BCUT2D eigenvalue weighted by Crippen LogP contribution is -2.00. The molecule has 0 saturated carbocycles. The van der Waals surface area contributed by atoms with Crippen molar-refractivity contribution in [3.05, 3.63) is 203 Å². The van der Waals surface area contributed by atoms with Crippen LogP contribution >= 0.6 is 0 Å². The zero-order valence-electron chi connectivity index (χ0n) is 36.9. The van der Waals surface area contributed by atoms with Crippen LogP contribution in [0, 0.1) is 6.92 Å². The molecule has 0 fully saturated rings. The second-order valence-electron chi connectivity index (χ2n) is 13.9. The molecule has 56 heavy (non-hydrogen) atoms. The number of pyridine rings is 4. The van der Waals surface area contributed by atoms with Crippen molar-refractivity contribution in [2.75, 3.05) is 0 Å². The molecule has 5 nitrogen and oxygen atoms in total. The van der Waals surface area contributed by atoms with Gasteiger partial charge in [-0.1, -0.05) is 109 Å². The number of hydrogen-bond acceptors (Lipinski definition) is 5. The molecular weight excluding hydrogens is 685 g/mol. The van der Waals surface area contributed by atoms with Crippen LogP contribution in [0.25, 0.3) is 55.8 Å². The van der Waals surface area contributed by atoms with E-state index in [0.717, 1.165) is 44.5 Å². The first-order chi connectivity index (χ1) is 29.9. The number of rotatable bonds is 12.